The summed E-state index contributed by atoms with van der Waals surface area (Å²) < 4.78 is 0. The van der Waals surface area contributed by atoms with E-state index in [1.54, 1.807) is 12.1 Å². The van der Waals surface area contributed by atoms with Crippen molar-refractivity contribution in [2.24, 2.45) is 0 Å². The standard InChI is InChI=1S/C18H18O6/c1-11-7-3-5-9-13(11)17(23,15(19)20)18(24,16(21)22)14-10-6-4-8-12(14)2/h3-10,23-24H,1-2H3,(H,19,20)(H,21,22)/t17-,18-/m1/s1. The van der Waals surface area contributed by atoms with Crippen molar-refractivity contribution in [3.8, 4) is 0 Å². The van der Waals surface area contributed by atoms with Crippen LogP contribution < -0.4 is 0 Å². The van der Waals surface area contributed by atoms with Crippen molar-refractivity contribution in [2.45, 2.75) is 25.0 Å². The van der Waals surface area contributed by atoms with Gasteiger partial charge >= 0.3 is 11.9 Å². The highest BCUT2D eigenvalue weighted by molar-refractivity contribution is 5.93. The highest BCUT2D eigenvalue weighted by Gasteiger charge is 2.63. The topological polar surface area (TPSA) is 115 Å². The maximum absolute atomic E-state index is 11.9. The minimum absolute atomic E-state index is 0.189. The minimum atomic E-state index is -3.07. The van der Waals surface area contributed by atoms with E-state index in [0.29, 0.717) is 11.1 Å². The Kier molecular flexibility index (Phi) is 4.46. The van der Waals surface area contributed by atoms with E-state index in [0.717, 1.165) is 0 Å². The number of aryl methyl sites for hydroxylation is 2. The first-order valence-electron chi connectivity index (χ1n) is 7.21. The minimum Gasteiger partial charge on any atom is -0.479 e. The SMILES string of the molecule is Cc1ccccc1[C@@](O)(C(=O)O)[C@](O)(C(=O)O)c1ccccc1C. The van der Waals surface area contributed by atoms with Gasteiger partial charge in [0.05, 0.1) is 0 Å². The fraction of sp³-hybridized carbons (Fsp3) is 0.222. The van der Waals surface area contributed by atoms with E-state index in [-0.39, 0.29) is 11.1 Å². The number of carboxylic acids is 2. The first kappa shape index (κ1) is 17.7. The number of hydrogen-bond donors (Lipinski definition) is 4. The highest BCUT2D eigenvalue weighted by Crippen LogP contribution is 2.43. The summed E-state index contributed by atoms with van der Waals surface area (Å²) >= 11 is 0. The van der Waals surface area contributed by atoms with Gasteiger partial charge in [-0.25, -0.2) is 9.59 Å². The molecule has 2 aromatic carbocycles. The fourth-order valence-electron chi connectivity index (χ4n) is 2.89. The number of aliphatic carboxylic acids is 2. The fourth-order valence-corrected chi connectivity index (χ4v) is 2.89. The molecule has 0 unspecified atom stereocenters. The molecule has 0 aliphatic carbocycles. The number of benzene rings is 2. The van der Waals surface area contributed by atoms with Gasteiger partial charge in [-0.05, 0) is 25.0 Å². The number of rotatable bonds is 5. The molecular weight excluding hydrogens is 312 g/mol. The van der Waals surface area contributed by atoms with E-state index in [4.69, 9.17) is 0 Å². The molecule has 0 aliphatic heterocycles. The lowest BCUT2D eigenvalue weighted by Gasteiger charge is -2.39. The molecule has 0 aliphatic rings. The number of hydrogen-bond acceptors (Lipinski definition) is 4. The zero-order chi connectivity index (χ0) is 18.1. The molecule has 6 heteroatoms. The maximum Gasteiger partial charge on any atom is 0.344 e. The Morgan fingerprint density at radius 1 is 0.708 bits per heavy atom. The molecule has 2 atom stereocenters. The summed E-state index contributed by atoms with van der Waals surface area (Å²) in [5.74, 6) is -3.71. The Balaban J connectivity index is 2.90. The Morgan fingerprint density at radius 2 is 1.00 bits per heavy atom. The Bertz CT molecular complexity index is 732. The second-order valence-electron chi connectivity index (χ2n) is 5.66. The maximum atomic E-state index is 11.9. The second kappa shape index (κ2) is 6.07. The summed E-state index contributed by atoms with van der Waals surface area (Å²) in [4.78, 5) is 23.9. The van der Waals surface area contributed by atoms with E-state index in [2.05, 4.69) is 0 Å². The lowest BCUT2D eigenvalue weighted by molar-refractivity contribution is -0.213. The Labute approximate surface area is 138 Å². The first-order chi connectivity index (χ1) is 11.2. The highest BCUT2D eigenvalue weighted by atomic mass is 16.5. The summed E-state index contributed by atoms with van der Waals surface area (Å²) in [6.07, 6.45) is 0. The van der Waals surface area contributed by atoms with E-state index in [1.807, 2.05) is 0 Å². The molecule has 0 radical (unpaired) electrons. The molecule has 4 N–H and O–H groups in total. The van der Waals surface area contributed by atoms with Crippen molar-refractivity contribution in [3.63, 3.8) is 0 Å². The van der Waals surface area contributed by atoms with E-state index >= 15 is 0 Å². The number of aliphatic hydroxyl groups is 2. The normalized spacial score (nSPS) is 16.0. The van der Waals surface area contributed by atoms with Gasteiger partial charge in [-0.3, -0.25) is 0 Å². The van der Waals surface area contributed by atoms with Gasteiger partial charge in [0.1, 0.15) is 0 Å². The van der Waals surface area contributed by atoms with Crippen LogP contribution in [-0.4, -0.2) is 32.4 Å². The van der Waals surface area contributed by atoms with Gasteiger partial charge in [-0.2, -0.15) is 0 Å². The molecule has 0 aromatic heterocycles. The molecule has 0 heterocycles. The predicted molar refractivity (Wildman–Crippen MR) is 85.4 cm³/mol. The predicted octanol–water partition coefficient (Wildman–Crippen LogP) is 1.55. The molecular formula is C18H18O6. The zero-order valence-electron chi connectivity index (χ0n) is 13.2. The Morgan fingerprint density at radius 3 is 1.25 bits per heavy atom. The largest absolute Gasteiger partial charge is 0.479 e. The molecule has 0 spiro atoms. The van der Waals surface area contributed by atoms with Crippen LogP contribution in [0.5, 0.6) is 0 Å². The van der Waals surface area contributed by atoms with Crippen molar-refractivity contribution in [3.05, 3.63) is 70.8 Å². The second-order valence-corrected chi connectivity index (χ2v) is 5.66. The van der Waals surface area contributed by atoms with Crippen LogP contribution in [0.3, 0.4) is 0 Å². The van der Waals surface area contributed by atoms with Crippen molar-refractivity contribution in [1.82, 2.24) is 0 Å². The lowest BCUT2D eigenvalue weighted by Crippen LogP contribution is -2.59. The quantitative estimate of drug-likeness (QED) is 0.661. The van der Waals surface area contributed by atoms with Crippen LogP contribution in [0, 0.1) is 13.8 Å². The molecule has 0 amide bonds. The summed E-state index contributed by atoms with van der Waals surface area (Å²) in [6.45, 7) is 3.06. The first-order valence-corrected chi connectivity index (χ1v) is 7.21. The molecule has 0 saturated heterocycles. The van der Waals surface area contributed by atoms with Crippen LogP contribution in [0.15, 0.2) is 48.5 Å². The van der Waals surface area contributed by atoms with E-state index < -0.39 is 23.1 Å². The summed E-state index contributed by atoms with van der Waals surface area (Å²) in [6, 6.07) is 11.8. The zero-order valence-corrected chi connectivity index (χ0v) is 13.2. The van der Waals surface area contributed by atoms with Gasteiger partial charge in [-0.15, -0.1) is 0 Å². The molecule has 126 valence electrons. The average Bonchev–Trinajstić information content (AvgIpc) is 2.53. The molecule has 0 saturated carbocycles. The van der Waals surface area contributed by atoms with Crippen LogP contribution >= 0.6 is 0 Å². The van der Waals surface area contributed by atoms with Crippen LogP contribution in [-0.2, 0) is 20.8 Å². The third kappa shape index (κ3) is 2.36. The third-order valence-corrected chi connectivity index (χ3v) is 4.21. The summed E-state index contributed by atoms with van der Waals surface area (Å²) in [5.41, 5.74) is -5.84. The lowest BCUT2D eigenvalue weighted by atomic mass is 9.71. The smallest absolute Gasteiger partial charge is 0.344 e. The van der Waals surface area contributed by atoms with E-state index in [9.17, 15) is 30.0 Å². The summed E-state index contributed by atoms with van der Waals surface area (Å²) in [7, 11) is 0. The third-order valence-electron chi connectivity index (χ3n) is 4.21. The van der Waals surface area contributed by atoms with Crippen molar-refractivity contribution >= 4 is 11.9 Å². The van der Waals surface area contributed by atoms with Gasteiger partial charge < -0.3 is 20.4 Å². The van der Waals surface area contributed by atoms with Gasteiger partial charge in [0.15, 0.2) is 0 Å². The molecule has 0 bridgehead atoms. The van der Waals surface area contributed by atoms with Crippen molar-refractivity contribution < 1.29 is 30.0 Å². The van der Waals surface area contributed by atoms with Crippen molar-refractivity contribution in [2.75, 3.05) is 0 Å². The van der Waals surface area contributed by atoms with Gasteiger partial charge in [0, 0.05) is 11.1 Å². The van der Waals surface area contributed by atoms with Crippen LogP contribution in [0.25, 0.3) is 0 Å². The number of carboxylic acid groups (broad SMARTS) is 2. The van der Waals surface area contributed by atoms with Gasteiger partial charge in [0.25, 0.3) is 0 Å². The monoisotopic (exact) mass is 330 g/mol. The van der Waals surface area contributed by atoms with Gasteiger partial charge in [-0.1, -0.05) is 48.5 Å². The molecule has 2 rings (SSSR count). The molecule has 2 aromatic rings. The molecule has 0 fully saturated rings. The summed E-state index contributed by atoms with van der Waals surface area (Å²) in [5, 5.41) is 41.3. The molecule has 6 nitrogen and oxygen atoms in total. The van der Waals surface area contributed by atoms with Crippen LogP contribution in [0.1, 0.15) is 22.3 Å². The van der Waals surface area contributed by atoms with E-state index in [1.165, 1.54) is 50.2 Å². The van der Waals surface area contributed by atoms with Gasteiger partial charge in [0.2, 0.25) is 11.2 Å². The van der Waals surface area contributed by atoms with Crippen molar-refractivity contribution in [1.29, 1.82) is 0 Å². The van der Waals surface area contributed by atoms with Crippen LogP contribution in [0.2, 0.25) is 0 Å². The molecule has 24 heavy (non-hydrogen) atoms. The Hall–Kier alpha value is -2.70. The average molecular weight is 330 g/mol. The van der Waals surface area contributed by atoms with Crippen LogP contribution in [0.4, 0.5) is 0 Å². The number of carbonyl (C=O) groups is 2.